The molecule has 1 aliphatic heterocycles. The molecule has 2 rings (SSSR count). The average Bonchev–Trinajstić information content (AvgIpc) is 2.53. The van der Waals surface area contributed by atoms with Gasteiger partial charge in [-0.1, -0.05) is 29.8 Å². The molecule has 0 bridgehead atoms. The van der Waals surface area contributed by atoms with E-state index in [2.05, 4.69) is 10.6 Å². The molecular weight excluding hydrogens is 341 g/mol. The van der Waals surface area contributed by atoms with Crippen LogP contribution < -0.4 is 10.6 Å². The first-order chi connectivity index (χ1) is 10.7. The van der Waals surface area contributed by atoms with Gasteiger partial charge in [0.15, 0.2) is 0 Å². The molecule has 1 amide bonds. The van der Waals surface area contributed by atoms with Crippen LogP contribution in [0.1, 0.15) is 31.4 Å². The largest absolute Gasteiger partial charge is 0.416 e. The van der Waals surface area contributed by atoms with Crippen LogP contribution in [-0.4, -0.2) is 25.5 Å². The summed E-state index contributed by atoms with van der Waals surface area (Å²) in [5.74, 6) is -0.281. The van der Waals surface area contributed by atoms with E-state index in [9.17, 15) is 18.0 Å². The van der Waals surface area contributed by atoms with Crippen LogP contribution in [0.2, 0.25) is 0 Å². The molecule has 0 spiro atoms. The van der Waals surface area contributed by atoms with E-state index in [1.165, 1.54) is 6.07 Å². The first-order valence-corrected chi connectivity index (χ1v) is 7.56. The lowest BCUT2D eigenvalue weighted by Crippen LogP contribution is -2.41. The minimum absolute atomic E-state index is 0. The third kappa shape index (κ3) is 4.98. The van der Waals surface area contributed by atoms with Gasteiger partial charge in [-0.2, -0.15) is 13.2 Å². The second-order valence-electron chi connectivity index (χ2n) is 6.20. The highest BCUT2D eigenvalue weighted by Crippen LogP contribution is 2.32. The number of hydrogen-bond donors (Lipinski definition) is 2. The number of hydrogen-bond acceptors (Lipinski definition) is 2. The topological polar surface area (TPSA) is 41.1 Å². The van der Waals surface area contributed by atoms with Gasteiger partial charge in [0.1, 0.15) is 0 Å². The highest BCUT2D eigenvalue weighted by molar-refractivity contribution is 5.87. The fourth-order valence-electron chi connectivity index (χ4n) is 2.46. The number of rotatable bonds is 4. The Labute approximate surface area is 146 Å². The summed E-state index contributed by atoms with van der Waals surface area (Å²) in [4.78, 5) is 12.4. The fraction of sp³-hybridized carbons (Fsp3) is 0.471. The summed E-state index contributed by atoms with van der Waals surface area (Å²) in [6, 6.07) is 4.95. The number of alkyl halides is 3. The molecular formula is C17H22ClF3N2O. The van der Waals surface area contributed by atoms with Gasteiger partial charge >= 0.3 is 6.18 Å². The zero-order valence-corrected chi connectivity index (χ0v) is 14.5. The molecule has 0 aromatic heterocycles. The van der Waals surface area contributed by atoms with Crippen LogP contribution in [0.15, 0.2) is 35.9 Å². The smallest absolute Gasteiger partial charge is 0.352 e. The van der Waals surface area contributed by atoms with Gasteiger partial charge in [0.2, 0.25) is 5.91 Å². The molecule has 0 saturated carbocycles. The first-order valence-electron chi connectivity index (χ1n) is 7.56. The van der Waals surface area contributed by atoms with Crippen LogP contribution in [0.4, 0.5) is 13.2 Å². The predicted octanol–water partition coefficient (Wildman–Crippen LogP) is 3.44. The van der Waals surface area contributed by atoms with Gasteiger partial charge in [0.05, 0.1) is 11.0 Å². The maximum absolute atomic E-state index is 12.8. The highest BCUT2D eigenvalue weighted by Gasteiger charge is 2.34. The molecule has 1 aliphatic rings. The third-order valence-electron chi connectivity index (χ3n) is 4.11. The Morgan fingerprint density at radius 2 is 1.92 bits per heavy atom. The number of nitrogens with one attached hydrogen (secondary N) is 2. The van der Waals surface area contributed by atoms with Crippen molar-refractivity contribution in [1.29, 1.82) is 0 Å². The molecule has 3 nitrogen and oxygen atoms in total. The van der Waals surface area contributed by atoms with E-state index in [1.807, 2.05) is 6.08 Å². The Kier molecular flexibility index (Phi) is 6.86. The Bertz CT molecular complexity index is 612. The van der Waals surface area contributed by atoms with Crippen LogP contribution >= 0.6 is 12.4 Å². The molecule has 0 fully saturated rings. The number of benzene rings is 1. The quantitative estimate of drug-likeness (QED) is 0.806. The van der Waals surface area contributed by atoms with E-state index >= 15 is 0 Å². The van der Waals surface area contributed by atoms with Crippen LogP contribution in [0.5, 0.6) is 0 Å². The Morgan fingerprint density at radius 1 is 1.25 bits per heavy atom. The van der Waals surface area contributed by atoms with E-state index in [1.54, 1.807) is 19.9 Å². The first kappa shape index (κ1) is 20.5. The minimum atomic E-state index is -4.41. The van der Waals surface area contributed by atoms with E-state index in [4.69, 9.17) is 0 Å². The van der Waals surface area contributed by atoms with Crippen molar-refractivity contribution >= 4 is 18.3 Å². The van der Waals surface area contributed by atoms with Gasteiger partial charge < -0.3 is 10.6 Å². The van der Waals surface area contributed by atoms with Crippen molar-refractivity contribution in [3.05, 3.63) is 47.0 Å². The van der Waals surface area contributed by atoms with E-state index in [0.717, 1.165) is 37.2 Å². The van der Waals surface area contributed by atoms with Gasteiger partial charge in [-0.05, 0) is 38.4 Å². The minimum Gasteiger partial charge on any atom is -0.352 e. The maximum atomic E-state index is 12.8. The summed E-state index contributed by atoms with van der Waals surface area (Å²) in [5, 5.41) is 6.02. The van der Waals surface area contributed by atoms with Crippen molar-refractivity contribution < 1.29 is 18.0 Å². The molecule has 2 N–H and O–H groups in total. The molecule has 0 unspecified atom stereocenters. The Balaban J connectivity index is 0.00000288. The molecule has 0 aliphatic carbocycles. The lowest BCUT2D eigenvalue weighted by molar-refractivity contribution is -0.137. The maximum Gasteiger partial charge on any atom is 0.416 e. The van der Waals surface area contributed by atoms with E-state index in [0.29, 0.717) is 12.1 Å². The molecule has 1 heterocycles. The van der Waals surface area contributed by atoms with E-state index < -0.39 is 17.2 Å². The van der Waals surface area contributed by atoms with Crippen LogP contribution in [0.25, 0.3) is 0 Å². The fourth-order valence-corrected chi connectivity index (χ4v) is 2.46. The number of carbonyl (C=O) groups excluding carboxylic acids is 1. The summed E-state index contributed by atoms with van der Waals surface area (Å²) < 4.78 is 38.5. The van der Waals surface area contributed by atoms with Crippen LogP contribution in [0.3, 0.4) is 0 Å². The number of carbonyl (C=O) groups is 1. The van der Waals surface area contributed by atoms with Crippen molar-refractivity contribution in [2.45, 2.75) is 31.9 Å². The van der Waals surface area contributed by atoms with Gasteiger partial charge in [0.25, 0.3) is 0 Å². The van der Waals surface area contributed by atoms with Crippen molar-refractivity contribution in [2.24, 2.45) is 0 Å². The monoisotopic (exact) mass is 362 g/mol. The van der Waals surface area contributed by atoms with Crippen molar-refractivity contribution in [3.8, 4) is 0 Å². The summed E-state index contributed by atoms with van der Waals surface area (Å²) in [6.07, 6.45) is -1.52. The summed E-state index contributed by atoms with van der Waals surface area (Å²) in [7, 11) is 0. The van der Waals surface area contributed by atoms with Gasteiger partial charge in [-0.15, -0.1) is 12.4 Å². The predicted molar refractivity (Wildman–Crippen MR) is 90.3 cm³/mol. The second-order valence-corrected chi connectivity index (χ2v) is 6.20. The summed E-state index contributed by atoms with van der Waals surface area (Å²) >= 11 is 0. The van der Waals surface area contributed by atoms with Gasteiger partial charge in [-0.3, -0.25) is 4.79 Å². The molecule has 1 aromatic carbocycles. The molecule has 1 aromatic rings. The van der Waals surface area contributed by atoms with Crippen LogP contribution in [-0.2, 0) is 16.4 Å². The van der Waals surface area contributed by atoms with Crippen molar-refractivity contribution in [3.63, 3.8) is 0 Å². The average molecular weight is 363 g/mol. The molecule has 24 heavy (non-hydrogen) atoms. The standard InChI is InChI=1S/C17H21F3N2O.ClH/c1-16(2,13-4-3-5-14(10-13)17(18,19)20)15(23)22-11-12-6-8-21-9-7-12;/h3-6,10,21H,7-9,11H2,1-2H3,(H,22,23);1H. The van der Waals surface area contributed by atoms with Gasteiger partial charge in [0, 0.05) is 13.1 Å². The number of halogens is 4. The molecule has 7 heteroatoms. The third-order valence-corrected chi connectivity index (χ3v) is 4.11. The lowest BCUT2D eigenvalue weighted by atomic mass is 9.83. The SMILES string of the molecule is CC(C)(C(=O)NCC1=CCNCC1)c1cccc(C(F)(F)F)c1.Cl. The zero-order chi connectivity index (χ0) is 17.1. The van der Waals surface area contributed by atoms with Crippen molar-refractivity contribution in [2.75, 3.05) is 19.6 Å². The van der Waals surface area contributed by atoms with Crippen LogP contribution in [0, 0.1) is 0 Å². The Hall–Kier alpha value is -1.53. The number of amides is 1. The molecule has 134 valence electrons. The Morgan fingerprint density at radius 3 is 2.50 bits per heavy atom. The van der Waals surface area contributed by atoms with Gasteiger partial charge in [-0.25, -0.2) is 0 Å². The highest BCUT2D eigenvalue weighted by atomic mass is 35.5. The summed E-state index contributed by atoms with van der Waals surface area (Å²) in [5.41, 5.74) is -0.285. The molecule has 0 radical (unpaired) electrons. The molecule has 0 atom stereocenters. The normalized spacial score (nSPS) is 15.3. The lowest BCUT2D eigenvalue weighted by Gasteiger charge is -2.26. The zero-order valence-electron chi connectivity index (χ0n) is 13.7. The molecule has 0 saturated heterocycles. The van der Waals surface area contributed by atoms with Crippen molar-refractivity contribution in [1.82, 2.24) is 10.6 Å². The summed E-state index contributed by atoms with van der Waals surface area (Å²) in [6.45, 7) is 5.35. The van der Waals surface area contributed by atoms with E-state index in [-0.39, 0.29) is 18.3 Å². The second kappa shape index (κ2) is 8.03.